The van der Waals surface area contributed by atoms with Crippen molar-refractivity contribution in [3.05, 3.63) is 119 Å². The van der Waals surface area contributed by atoms with E-state index in [2.05, 4.69) is 36.0 Å². The zero-order chi connectivity index (χ0) is 53.5. The van der Waals surface area contributed by atoms with E-state index in [0.717, 1.165) is 30.4 Å². The van der Waals surface area contributed by atoms with E-state index in [9.17, 15) is 33.9 Å². The predicted molar refractivity (Wildman–Crippen MR) is 274 cm³/mol. The van der Waals surface area contributed by atoms with E-state index in [1.807, 2.05) is 20.8 Å². The van der Waals surface area contributed by atoms with Gasteiger partial charge in [-0.25, -0.2) is 33.7 Å². The van der Waals surface area contributed by atoms with E-state index in [4.69, 9.17) is 26.1 Å². The number of amides is 4. The Labute approximate surface area is 450 Å². The molecule has 0 radical (unpaired) electrons. The second-order valence-corrected chi connectivity index (χ2v) is 19.6. The van der Waals surface area contributed by atoms with Gasteiger partial charge in [0.25, 0.3) is 11.8 Å². The first-order valence-corrected chi connectivity index (χ1v) is 24.0. The van der Waals surface area contributed by atoms with E-state index in [-0.39, 0.29) is 58.9 Å². The van der Waals surface area contributed by atoms with Gasteiger partial charge in [-0.2, -0.15) is 10.2 Å². The van der Waals surface area contributed by atoms with Gasteiger partial charge in [-0.1, -0.05) is 24.3 Å². The minimum atomic E-state index is -1.26. The van der Waals surface area contributed by atoms with Crippen molar-refractivity contribution in [3.8, 4) is 22.5 Å². The Bertz CT molecular complexity index is 2810. The van der Waals surface area contributed by atoms with Crippen molar-refractivity contribution in [3.63, 3.8) is 0 Å². The zero-order valence-electron chi connectivity index (χ0n) is 43.7. The molecule has 0 unspecified atom stereocenters. The summed E-state index contributed by atoms with van der Waals surface area (Å²) in [7, 11) is 0. The number of hydrogen-bond acceptors (Lipinski definition) is 17. The quantitative estimate of drug-likeness (QED) is 0.0726. The maximum atomic E-state index is 12.9. The predicted octanol–water partition coefficient (Wildman–Crippen LogP) is 4.26. The molecule has 0 bridgehead atoms. The number of imidazole rings is 2. The number of carbonyl (C=O) groups excluding carboxylic acids is 5. The molecular weight excluding hydrogens is 976 g/mol. The van der Waals surface area contributed by atoms with Gasteiger partial charge in [0.1, 0.15) is 28.3 Å². The molecule has 0 spiro atoms. The number of carboxylic acids is 1. The van der Waals surface area contributed by atoms with Crippen molar-refractivity contribution in [2.45, 2.75) is 110 Å². The maximum Gasteiger partial charge on any atom is 1.00 e. The number of aromatic nitrogens is 8. The fraction of sp³-hybridized carbons (Fsp3) is 0.373. The second-order valence-electron chi connectivity index (χ2n) is 19.6. The first-order valence-electron chi connectivity index (χ1n) is 24.0. The Kier molecular flexibility index (Phi) is 19.2. The molecule has 0 aliphatic carbocycles. The maximum absolute atomic E-state index is 12.9. The third-order valence-corrected chi connectivity index (χ3v) is 11.7. The summed E-state index contributed by atoms with van der Waals surface area (Å²) in [6.07, 6.45) is 6.61. The molecule has 8 rings (SSSR count). The molecule has 4 amide bonds. The van der Waals surface area contributed by atoms with Crippen LogP contribution in [0.3, 0.4) is 0 Å². The van der Waals surface area contributed by atoms with Gasteiger partial charge in [0, 0.05) is 54.7 Å². The van der Waals surface area contributed by atoms with E-state index < -0.39 is 47.3 Å². The number of ketones is 1. The third-order valence-electron chi connectivity index (χ3n) is 11.7. The number of anilines is 2. The average molecular weight is 1040 g/mol. The number of ether oxygens (including phenoxy) is 2. The summed E-state index contributed by atoms with van der Waals surface area (Å²) in [5, 5.41) is 30.4. The minimum Gasteiger partial charge on any atom is -0.870 e. The Morgan fingerprint density at radius 3 is 1.33 bits per heavy atom. The van der Waals surface area contributed by atoms with E-state index in [1.165, 1.54) is 24.0 Å². The number of benzene rings is 2. The van der Waals surface area contributed by atoms with E-state index in [1.54, 1.807) is 103 Å². The fourth-order valence-electron chi connectivity index (χ4n) is 8.46. The van der Waals surface area contributed by atoms with E-state index in [0.29, 0.717) is 71.3 Å². The zero-order valence-corrected chi connectivity index (χ0v) is 43.7. The molecule has 24 nitrogen and oxygen atoms in total. The van der Waals surface area contributed by atoms with Gasteiger partial charge in [-0.15, -0.1) is 10.2 Å². The van der Waals surface area contributed by atoms with Crippen LogP contribution in [-0.4, -0.2) is 120 Å². The van der Waals surface area contributed by atoms with Crippen LogP contribution in [-0.2, 0) is 9.47 Å². The van der Waals surface area contributed by atoms with Crippen LogP contribution in [0.25, 0.3) is 22.5 Å². The molecular formula is C51H61LiN14O10. The topological polar surface area (TPSA) is 341 Å². The van der Waals surface area contributed by atoms with Crippen LogP contribution in [0.15, 0.2) is 85.2 Å². The van der Waals surface area contributed by atoms with Crippen LogP contribution in [0, 0.1) is 0 Å². The molecule has 2 fully saturated rings. The standard InChI is InChI=1S/C26H31N7O4.C25H29N7O5.Li.H2O/c1-16(34)22-21(17-10-12-18(13-11-17)24(35)29-20-9-7-14-28-31-20)30-23(33(22)27)19-8-5-6-15-32(19)25(36)37-26(2,3)4;1-25(2,3)37-24(36)31-14-5-4-7-17(31)21-29-19(20(23(34)35)32(21)26)15-9-11-16(12-10-15)22(33)28-18-8-6-13-27-30-18;;/h7,9-14,19H,5-6,8,15,27H2,1-4H3,(H,29,31,35);6,8-13,17H,4-5,7,14,26H2,1-3H3,(H,34,35)(H,28,30,33);;1H2/q;;+1;/p-1/t19-;17-;;/m00../s1. The van der Waals surface area contributed by atoms with E-state index >= 15 is 0 Å². The largest absolute Gasteiger partial charge is 1.00 e. The van der Waals surface area contributed by atoms with Crippen molar-refractivity contribution in [2.24, 2.45) is 0 Å². The number of carboxylic acid groups (broad SMARTS) is 1. The van der Waals surface area contributed by atoms with Crippen LogP contribution >= 0.6 is 0 Å². The molecule has 2 saturated heterocycles. The third kappa shape index (κ3) is 14.1. The van der Waals surface area contributed by atoms with Gasteiger partial charge in [0.05, 0.1) is 12.1 Å². The fourth-order valence-corrected chi connectivity index (χ4v) is 8.46. The van der Waals surface area contributed by atoms with Crippen molar-refractivity contribution >= 4 is 47.4 Å². The van der Waals surface area contributed by atoms with Crippen LogP contribution in [0.2, 0.25) is 0 Å². The van der Waals surface area contributed by atoms with Gasteiger partial charge in [-0.3, -0.25) is 24.2 Å². The Morgan fingerprint density at radius 2 is 0.987 bits per heavy atom. The number of piperidine rings is 2. The first kappa shape index (κ1) is 58.7. The smallest absolute Gasteiger partial charge is 0.870 e. The number of likely N-dealkylation sites (tertiary alicyclic amines) is 2. The minimum absolute atomic E-state index is 0. The SMILES string of the molecule is CC(=O)c1c(-c2ccc(C(=O)Nc3cccnn3)cc2)nc([C@@H]2CCCCN2C(=O)OC(C)(C)C)n1N.CC(C)(C)OC(=O)N1CCCC[C@H]1c1nc(-c2ccc(C(=O)Nc3cccnn3)cc2)c(C(=O)O)n1N.[Li+].[OH-]. The van der Waals surface area contributed by atoms with Gasteiger partial charge < -0.3 is 42.4 Å². The van der Waals surface area contributed by atoms with Crippen LogP contribution < -0.4 is 41.2 Å². The molecule has 6 heterocycles. The van der Waals surface area contributed by atoms with Gasteiger partial charge in [0.2, 0.25) is 0 Å². The summed E-state index contributed by atoms with van der Waals surface area (Å²) >= 11 is 0. The average Bonchev–Trinajstić information content (AvgIpc) is 3.90. The number of nitrogens with zero attached hydrogens (tertiary/aromatic N) is 10. The number of rotatable bonds is 10. The molecule has 2 aliphatic rings. The van der Waals surface area contributed by atoms with Crippen LogP contribution in [0.1, 0.15) is 152 Å². The number of hydrogen-bond donors (Lipinski definition) is 5. The van der Waals surface area contributed by atoms with Crippen LogP contribution in [0.5, 0.6) is 0 Å². The first-order chi connectivity index (χ1) is 35.1. The molecule has 6 aromatic rings. The summed E-state index contributed by atoms with van der Waals surface area (Å²) in [6, 6.07) is 18.6. The number of aromatic carboxylic acids is 1. The van der Waals surface area contributed by atoms with Gasteiger partial charge in [-0.05, 0) is 129 Å². The molecule has 2 aliphatic heterocycles. The second kappa shape index (κ2) is 24.9. The summed E-state index contributed by atoms with van der Waals surface area (Å²) in [6.45, 7) is 13.2. The van der Waals surface area contributed by atoms with Crippen molar-refractivity contribution in [2.75, 3.05) is 35.4 Å². The number of nitrogens with one attached hydrogen (secondary N) is 2. The van der Waals surface area contributed by atoms with Crippen molar-refractivity contribution < 1.29 is 67.7 Å². The summed E-state index contributed by atoms with van der Waals surface area (Å²) in [4.78, 5) is 88.3. The molecule has 76 heavy (non-hydrogen) atoms. The molecule has 8 N–H and O–H groups in total. The number of carbonyl (C=O) groups is 6. The van der Waals surface area contributed by atoms with Crippen molar-refractivity contribution in [1.82, 2.24) is 49.5 Å². The molecule has 4 aromatic heterocycles. The summed E-state index contributed by atoms with van der Waals surface area (Å²) in [5.41, 5.74) is 1.01. The number of Topliss-reactive ketones (excluding diaryl/α,β-unsaturated/α-hetero) is 1. The van der Waals surface area contributed by atoms with Gasteiger partial charge >= 0.3 is 37.0 Å². The molecule has 25 heteroatoms. The normalized spacial score (nSPS) is 15.4. The van der Waals surface area contributed by atoms with Crippen molar-refractivity contribution in [1.29, 1.82) is 0 Å². The molecule has 2 aromatic carbocycles. The Hall–Kier alpha value is -8.20. The monoisotopic (exact) mass is 1040 g/mol. The van der Waals surface area contributed by atoms with Crippen LogP contribution in [0.4, 0.5) is 21.2 Å². The Morgan fingerprint density at radius 1 is 0.605 bits per heavy atom. The number of nitrogens with two attached hydrogens (primary N) is 2. The summed E-state index contributed by atoms with van der Waals surface area (Å²) in [5.74, 6) is 11.7. The Balaban J connectivity index is 0.000000274. The number of nitrogen functional groups attached to an aromatic ring is 2. The molecule has 2 atom stereocenters. The molecule has 0 saturated carbocycles. The molecule has 396 valence electrons. The summed E-state index contributed by atoms with van der Waals surface area (Å²) < 4.78 is 13.5. The van der Waals surface area contributed by atoms with Gasteiger partial charge in [0.15, 0.2) is 34.8 Å².